The van der Waals surface area contributed by atoms with E-state index >= 15 is 0 Å². The van der Waals surface area contributed by atoms with Crippen LogP contribution in [0.1, 0.15) is 38.2 Å². The highest BCUT2D eigenvalue weighted by Gasteiger charge is 2.38. The SMILES string of the molecule is Cc1cc(NC2=NC3(CCC(C)CC3)CS2)ccc1Br. The van der Waals surface area contributed by atoms with Crippen LogP contribution in [0.4, 0.5) is 5.69 Å². The summed E-state index contributed by atoms with van der Waals surface area (Å²) in [6.07, 6.45) is 5.17. The molecule has 1 fully saturated rings. The summed E-state index contributed by atoms with van der Waals surface area (Å²) in [5.41, 5.74) is 2.61. The van der Waals surface area contributed by atoms with Gasteiger partial charge in [0.15, 0.2) is 5.17 Å². The molecule has 1 aromatic carbocycles. The number of halogens is 1. The third-order valence-corrected chi connectivity index (χ3v) is 6.47. The number of nitrogens with zero attached hydrogens (tertiary/aromatic N) is 1. The molecule has 1 aliphatic carbocycles. The van der Waals surface area contributed by atoms with E-state index in [-0.39, 0.29) is 5.54 Å². The lowest BCUT2D eigenvalue weighted by Crippen LogP contribution is -2.32. The minimum atomic E-state index is 0.226. The standard InChI is InChI=1S/C16H21BrN2S/c1-11-5-7-16(8-6-11)10-20-15(19-16)18-13-3-4-14(17)12(2)9-13/h3-4,9,11H,5-8,10H2,1-2H3,(H,18,19). The van der Waals surface area contributed by atoms with Crippen molar-refractivity contribution in [3.8, 4) is 0 Å². The summed E-state index contributed by atoms with van der Waals surface area (Å²) < 4.78 is 1.15. The molecule has 1 spiro atoms. The van der Waals surface area contributed by atoms with Crippen molar-refractivity contribution in [1.82, 2.24) is 0 Å². The van der Waals surface area contributed by atoms with Crippen LogP contribution in [0.5, 0.6) is 0 Å². The fraction of sp³-hybridized carbons (Fsp3) is 0.562. The Labute approximate surface area is 134 Å². The number of amidine groups is 1. The molecule has 1 N–H and O–H groups in total. The second kappa shape index (κ2) is 5.72. The van der Waals surface area contributed by atoms with Gasteiger partial charge in [0.25, 0.3) is 0 Å². The second-order valence-electron chi connectivity index (χ2n) is 6.20. The van der Waals surface area contributed by atoms with Gasteiger partial charge in [0.2, 0.25) is 0 Å². The van der Waals surface area contributed by atoms with Gasteiger partial charge in [-0.25, -0.2) is 0 Å². The molecule has 108 valence electrons. The number of aryl methyl sites for hydroxylation is 1. The summed E-state index contributed by atoms with van der Waals surface area (Å²) in [7, 11) is 0. The highest BCUT2D eigenvalue weighted by molar-refractivity contribution is 9.10. The van der Waals surface area contributed by atoms with Crippen LogP contribution in [-0.2, 0) is 0 Å². The first-order valence-corrected chi connectivity index (χ1v) is 9.10. The van der Waals surface area contributed by atoms with Gasteiger partial charge in [0.1, 0.15) is 0 Å². The van der Waals surface area contributed by atoms with Crippen molar-refractivity contribution in [3.05, 3.63) is 28.2 Å². The van der Waals surface area contributed by atoms with Gasteiger partial charge in [-0.3, -0.25) is 4.99 Å². The van der Waals surface area contributed by atoms with E-state index < -0.39 is 0 Å². The van der Waals surface area contributed by atoms with Gasteiger partial charge in [-0.05, 0) is 62.3 Å². The lowest BCUT2D eigenvalue weighted by Gasteiger charge is -2.32. The van der Waals surface area contributed by atoms with E-state index in [1.165, 1.54) is 31.2 Å². The van der Waals surface area contributed by atoms with Crippen LogP contribution >= 0.6 is 27.7 Å². The zero-order valence-corrected chi connectivity index (χ0v) is 14.5. The molecule has 2 aliphatic rings. The highest BCUT2D eigenvalue weighted by atomic mass is 79.9. The average Bonchev–Trinajstić information content (AvgIpc) is 2.81. The van der Waals surface area contributed by atoms with E-state index in [9.17, 15) is 0 Å². The lowest BCUT2D eigenvalue weighted by atomic mass is 9.79. The normalized spacial score (nSPS) is 29.6. The smallest absolute Gasteiger partial charge is 0.161 e. The zero-order valence-electron chi connectivity index (χ0n) is 12.1. The van der Waals surface area contributed by atoms with E-state index in [2.05, 4.69) is 53.3 Å². The topological polar surface area (TPSA) is 24.4 Å². The number of rotatable bonds is 1. The molecular formula is C16H21BrN2S. The van der Waals surface area contributed by atoms with Crippen molar-refractivity contribution in [2.75, 3.05) is 11.1 Å². The molecule has 20 heavy (non-hydrogen) atoms. The Balaban J connectivity index is 1.71. The minimum Gasteiger partial charge on any atom is -0.335 e. The fourth-order valence-electron chi connectivity index (χ4n) is 2.95. The number of aliphatic imine (C=N–C) groups is 1. The van der Waals surface area contributed by atoms with Crippen molar-refractivity contribution in [3.63, 3.8) is 0 Å². The summed E-state index contributed by atoms with van der Waals surface area (Å²) in [6, 6.07) is 6.37. The number of hydrogen-bond donors (Lipinski definition) is 1. The molecule has 0 saturated heterocycles. The first-order chi connectivity index (χ1) is 9.56. The predicted octanol–water partition coefficient (Wildman–Crippen LogP) is 5.22. The van der Waals surface area contributed by atoms with Crippen LogP contribution < -0.4 is 5.32 Å². The Morgan fingerprint density at radius 1 is 1.35 bits per heavy atom. The molecule has 2 nitrogen and oxygen atoms in total. The zero-order chi connectivity index (χ0) is 14.2. The molecule has 4 heteroatoms. The Morgan fingerprint density at radius 2 is 2.10 bits per heavy atom. The summed E-state index contributed by atoms with van der Waals surface area (Å²) in [5.74, 6) is 2.03. The van der Waals surface area contributed by atoms with Gasteiger partial charge < -0.3 is 5.32 Å². The van der Waals surface area contributed by atoms with E-state index in [4.69, 9.17) is 4.99 Å². The largest absolute Gasteiger partial charge is 0.335 e. The quantitative estimate of drug-likeness (QED) is 0.748. The number of nitrogens with one attached hydrogen (secondary N) is 1. The average molecular weight is 353 g/mol. The highest BCUT2D eigenvalue weighted by Crippen LogP contribution is 2.41. The van der Waals surface area contributed by atoms with Gasteiger partial charge >= 0.3 is 0 Å². The van der Waals surface area contributed by atoms with Gasteiger partial charge in [-0.2, -0.15) is 0 Å². The Hall–Kier alpha value is -0.480. The van der Waals surface area contributed by atoms with Crippen LogP contribution in [-0.4, -0.2) is 16.5 Å². The van der Waals surface area contributed by atoms with Crippen molar-refractivity contribution in [2.45, 2.75) is 45.1 Å². The van der Waals surface area contributed by atoms with Crippen molar-refractivity contribution in [1.29, 1.82) is 0 Å². The second-order valence-corrected chi connectivity index (χ2v) is 8.02. The molecule has 1 aromatic rings. The number of hydrogen-bond acceptors (Lipinski definition) is 3. The van der Waals surface area contributed by atoms with Crippen LogP contribution in [0.25, 0.3) is 0 Å². The third kappa shape index (κ3) is 3.06. The monoisotopic (exact) mass is 352 g/mol. The van der Waals surface area contributed by atoms with E-state index in [0.717, 1.165) is 27.0 Å². The van der Waals surface area contributed by atoms with E-state index in [1.807, 2.05) is 11.8 Å². The maximum Gasteiger partial charge on any atom is 0.161 e. The van der Waals surface area contributed by atoms with Crippen LogP contribution in [0.2, 0.25) is 0 Å². The Morgan fingerprint density at radius 3 is 2.80 bits per heavy atom. The van der Waals surface area contributed by atoms with Gasteiger partial charge in [-0.1, -0.05) is 34.6 Å². The van der Waals surface area contributed by atoms with Gasteiger partial charge in [-0.15, -0.1) is 0 Å². The lowest BCUT2D eigenvalue weighted by molar-refractivity contribution is 0.273. The predicted molar refractivity (Wildman–Crippen MR) is 92.8 cm³/mol. The molecule has 0 atom stereocenters. The molecule has 1 aliphatic heterocycles. The summed E-state index contributed by atoms with van der Waals surface area (Å²) >= 11 is 5.42. The summed E-state index contributed by atoms with van der Waals surface area (Å²) in [6.45, 7) is 4.48. The van der Waals surface area contributed by atoms with Gasteiger partial charge in [0.05, 0.1) is 5.54 Å². The Kier molecular flexibility index (Phi) is 4.14. The van der Waals surface area contributed by atoms with Crippen molar-refractivity contribution >= 4 is 38.5 Å². The molecule has 0 unspecified atom stereocenters. The van der Waals surface area contributed by atoms with Crippen molar-refractivity contribution < 1.29 is 0 Å². The van der Waals surface area contributed by atoms with E-state index in [0.29, 0.717) is 0 Å². The summed E-state index contributed by atoms with van der Waals surface area (Å²) in [5, 5.41) is 4.58. The molecule has 3 rings (SSSR count). The maximum absolute atomic E-state index is 5.02. The van der Waals surface area contributed by atoms with Crippen LogP contribution in [0.15, 0.2) is 27.7 Å². The van der Waals surface area contributed by atoms with Crippen LogP contribution in [0.3, 0.4) is 0 Å². The number of anilines is 1. The minimum absolute atomic E-state index is 0.226. The first kappa shape index (κ1) is 14.5. The molecule has 0 radical (unpaired) electrons. The van der Waals surface area contributed by atoms with Crippen LogP contribution in [0, 0.1) is 12.8 Å². The first-order valence-electron chi connectivity index (χ1n) is 7.32. The summed E-state index contributed by atoms with van der Waals surface area (Å²) in [4.78, 5) is 5.02. The number of thioether (sulfide) groups is 1. The molecule has 0 aromatic heterocycles. The van der Waals surface area contributed by atoms with E-state index in [1.54, 1.807) is 0 Å². The maximum atomic E-state index is 5.02. The molecule has 1 heterocycles. The van der Waals surface area contributed by atoms with Gasteiger partial charge in [0, 0.05) is 15.9 Å². The Bertz CT molecular complexity index is 533. The number of benzene rings is 1. The molecule has 0 bridgehead atoms. The molecule has 0 amide bonds. The van der Waals surface area contributed by atoms with Crippen molar-refractivity contribution in [2.24, 2.45) is 10.9 Å². The molecular weight excluding hydrogens is 332 g/mol. The fourth-order valence-corrected chi connectivity index (χ4v) is 4.40. The third-order valence-electron chi connectivity index (χ3n) is 4.43. The molecule has 1 saturated carbocycles.